The maximum Gasteiger partial charge on any atom is 0.251 e. The van der Waals surface area contributed by atoms with Crippen LogP contribution in [0.2, 0.25) is 0 Å². The van der Waals surface area contributed by atoms with Gasteiger partial charge in [0.2, 0.25) is 0 Å². The number of pyridine rings is 1. The minimum absolute atomic E-state index is 0. The molecule has 1 aliphatic carbocycles. The van der Waals surface area contributed by atoms with E-state index >= 15 is 0 Å². The number of benzene rings is 1. The first kappa shape index (κ1) is 16.8. The molecule has 0 atom stereocenters. The van der Waals surface area contributed by atoms with Gasteiger partial charge in [-0.1, -0.05) is 49.6 Å². The summed E-state index contributed by atoms with van der Waals surface area (Å²) >= 11 is 0. The fraction of sp³-hybridized carbons (Fsp3) is 0.389. The van der Waals surface area contributed by atoms with Crippen LogP contribution in [0.3, 0.4) is 0 Å². The van der Waals surface area contributed by atoms with Gasteiger partial charge in [0.05, 0.1) is 0 Å². The zero-order valence-electron chi connectivity index (χ0n) is 12.7. The lowest BCUT2D eigenvalue weighted by molar-refractivity contribution is 0.301. The summed E-state index contributed by atoms with van der Waals surface area (Å²) in [5.41, 5.74) is 9.31. The highest BCUT2D eigenvalue weighted by molar-refractivity contribution is 5.85. The predicted octanol–water partition coefficient (Wildman–Crippen LogP) is 3.51. The predicted molar refractivity (Wildman–Crippen MR) is 92.5 cm³/mol. The lowest BCUT2D eigenvalue weighted by Gasteiger charge is -2.34. The third-order valence-electron chi connectivity index (χ3n) is 4.54. The summed E-state index contributed by atoms with van der Waals surface area (Å²) in [6, 6.07) is 12.1. The second-order valence-corrected chi connectivity index (χ2v) is 6.12. The van der Waals surface area contributed by atoms with Crippen molar-refractivity contribution >= 4 is 12.4 Å². The van der Waals surface area contributed by atoms with E-state index in [1.807, 2.05) is 42.6 Å². The Balaban J connectivity index is 0.00000176. The highest BCUT2D eigenvalue weighted by Gasteiger charge is 2.29. The van der Waals surface area contributed by atoms with Crippen molar-refractivity contribution in [3.63, 3.8) is 0 Å². The lowest BCUT2D eigenvalue weighted by atomic mass is 9.77. The van der Waals surface area contributed by atoms with Gasteiger partial charge in [-0.05, 0) is 30.0 Å². The van der Waals surface area contributed by atoms with Gasteiger partial charge < -0.3 is 10.7 Å². The lowest BCUT2D eigenvalue weighted by Crippen LogP contribution is -2.39. The Hall–Kier alpha value is -1.58. The summed E-state index contributed by atoms with van der Waals surface area (Å²) in [5, 5.41) is 0. The van der Waals surface area contributed by atoms with Crippen LogP contribution < -0.4 is 11.3 Å². The molecule has 1 heterocycles. The van der Waals surface area contributed by atoms with Gasteiger partial charge in [-0.15, -0.1) is 12.4 Å². The molecular formula is C18H23ClN2O. The minimum atomic E-state index is -0.270. The first-order chi connectivity index (χ1) is 10.2. The molecule has 2 aromatic rings. The molecule has 1 saturated carbocycles. The molecule has 0 radical (unpaired) electrons. The van der Waals surface area contributed by atoms with Crippen LogP contribution in [0.5, 0.6) is 0 Å². The summed E-state index contributed by atoms with van der Waals surface area (Å²) in [6.07, 6.45) is 8.07. The van der Waals surface area contributed by atoms with Crippen LogP contribution in [0, 0.1) is 0 Å². The Morgan fingerprint density at radius 3 is 2.45 bits per heavy atom. The Kier molecular flexibility index (Phi) is 5.43. The number of rotatable bonds is 3. The Morgan fingerprint density at radius 1 is 1.09 bits per heavy atom. The zero-order valence-corrected chi connectivity index (χ0v) is 13.5. The summed E-state index contributed by atoms with van der Waals surface area (Å²) in [6.45, 7) is 0. The average molecular weight is 319 g/mol. The van der Waals surface area contributed by atoms with Gasteiger partial charge in [-0.3, -0.25) is 4.79 Å². The van der Waals surface area contributed by atoms with Crippen LogP contribution in [0.1, 0.15) is 48.8 Å². The third kappa shape index (κ3) is 3.60. The van der Waals surface area contributed by atoms with Crippen molar-refractivity contribution in [1.29, 1.82) is 0 Å². The van der Waals surface area contributed by atoms with Gasteiger partial charge in [0.25, 0.3) is 5.56 Å². The van der Waals surface area contributed by atoms with E-state index in [-0.39, 0.29) is 23.5 Å². The number of nitrogens with one attached hydrogen (secondary N) is 1. The SMILES string of the molecule is Cl.NC1(c2c[nH]c(=O)c(Cc3ccccc3)c2)CCCCC1. The number of aromatic amines is 1. The number of nitrogens with two attached hydrogens (primary N) is 1. The van der Waals surface area contributed by atoms with E-state index in [4.69, 9.17) is 5.73 Å². The number of halogens is 1. The molecule has 0 saturated heterocycles. The van der Waals surface area contributed by atoms with Crippen LogP contribution in [-0.4, -0.2) is 4.98 Å². The first-order valence-corrected chi connectivity index (χ1v) is 7.72. The van der Waals surface area contributed by atoms with Crippen molar-refractivity contribution in [2.75, 3.05) is 0 Å². The molecule has 0 unspecified atom stereocenters. The second-order valence-electron chi connectivity index (χ2n) is 6.12. The quantitative estimate of drug-likeness (QED) is 0.910. The molecule has 3 nitrogen and oxygen atoms in total. The fourth-order valence-corrected chi connectivity index (χ4v) is 3.24. The van der Waals surface area contributed by atoms with Crippen molar-refractivity contribution in [2.24, 2.45) is 5.73 Å². The molecule has 0 spiro atoms. The van der Waals surface area contributed by atoms with E-state index in [1.54, 1.807) is 0 Å². The fourth-order valence-electron chi connectivity index (χ4n) is 3.24. The molecule has 4 heteroatoms. The van der Waals surface area contributed by atoms with Crippen molar-refractivity contribution in [3.05, 3.63) is 69.6 Å². The largest absolute Gasteiger partial charge is 0.329 e. The van der Waals surface area contributed by atoms with Gasteiger partial charge in [0.15, 0.2) is 0 Å². The number of H-pyrrole nitrogens is 1. The van der Waals surface area contributed by atoms with E-state index in [2.05, 4.69) is 4.98 Å². The maximum atomic E-state index is 12.1. The van der Waals surface area contributed by atoms with Gasteiger partial charge in [0, 0.05) is 23.7 Å². The molecule has 22 heavy (non-hydrogen) atoms. The Bertz CT molecular complexity index is 660. The van der Waals surface area contributed by atoms with Crippen LogP contribution in [0.15, 0.2) is 47.4 Å². The molecule has 1 aliphatic rings. The Labute approximate surface area is 137 Å². The Morgan fingerprint density at radius 2 is 1.77 bits per heavy atom. The molecule has 1 aromatic carbocycles. The molecule has 0 bridgehead atoms. The summed E-state index contributed by atoms with van der Waals surface area (Å²) in [7, 11) is 0. The van der Waals surface area contributed by atoms with E-state index < -0.39 is 0 Å². The monoisotopic (exact) mass is 318 g/mol. The summed E-state index contributed by atoms with van der Waals surface area (Å²) in [4.78, 5) is 14.9. The minimum Gasteiger partial charge on any atom is -0.329 e. The standard InChI is InChI=1S/C18H22N2O.ClH/c19-18(9-5-2-6-10-18)16-12-15(17(21)20-13-16)11-14-7-3-1-4-8-14;/h1,3-4,7-8,12-13H,2,5-6,9-11,19H2,(H,20,21);1H. The molecule has 1 fully saturated rings. The smallest absolute Gasteiger partial charge is 0.251 e. The van der Waals surface area contributed by atoms with E-state index in [1.165, 1.54) is 19.3 Å². The summed E-state index contributed by atoms with van der Waals surface area (Å²) in [5.74, 6) is 0. The average Bonchev–Trinajstić information content (AvgIpc) is 2.51. The van der Waals surface area contributed by atoms with Gasteiger partial charge >= 0.3 is 0 Å². The highest BCUT2D eigenvalue weighted by atomic mass is 35.5. The molecule has 0 aliphatic heterocycles. The second kappa shape index (κ2) is 7.12. The van der Waals surface area contributed by atoms with Gasteiger partial charge in [-0.2, -0.15) is 0 Å². The van der Waals surface area contributed by atoms with E-state index in [9.17, 15) is 4.79 Å². The van der Waals surface area contributed by atoms with Crippen molar-refractivity contribution in [2.45, 2.75) is 44.1 Å². The molecule has 0 amide bonds. The van der Waals surface area contributed by atoms with Crippen LogP contribution >= 0.6 is 12.4 Å². The topological polar surface area (TPSA) is 58.9 Å². The van der Waals surface area contributed by atoms with Gasteiger partial charge in [-0.25, -0.2) is 0 Å². The van der Waals surface area contributed by atoms with Crippen LogP contribution in [0.4, 0.5) is 0 Å². The highest BCUT2D eigenvalue weighted by Crippen LogP contribution is 2.34. The molecular weight excluding hydrogens is 296 g/mol. The number of aromatic nitrogens is 1. The zero-order chi connectivity index (χ0) is 14.7. The summed E-state index contributed by atoms with van der Waals surface area (Å²) < 4.78 is 0. The third-order valence-corrected chi connectivity index (χ3v) is 4.54. The molecule has 118 valence electrons. The first-order valence-electron chi connectivity index (χ1n) is 7.72. The van der Waals surface area contributed by atoms with Crippen LogP contribution in [-0.2, 0) is 12.0 Å². The maximum absolute atomic E-state index is 12.1. The van der Waals surface area contributed by atoms with E-state index in [0.29, 0.717) is 6.42 Å². The molecule has 3 N–H and O–H groups in total. The van der Waals surface area contributed by atoms with Crippen molar-refractivity contribution in [3.8, 4) is 0 Å². The van der Waals surface area contributed by atoms with Crippen LogP contribution in [0.25, 0.3) is 0 Å². The van der Waals surface area contributed by atoms with E-state index in [0.717, 1.165) is 29.5 Å². The van der Waals surface area contributed by atoms with Crippen molar-refractivity contribution in [1.82, 2.24) is 4.98 Å². The number of hydrogen-bond donors (Lipinski definition) is 2. The van der Waals surface area contributed by atoms with Gasteiger partial charge in [0.1, 0.15) is 0 Å². The molecule has 1 aromatic heterocycles. The molecule has 3 rings (SSSR count). The normalized spacial score (nSPS) is 16.8. The number of hydrogen-bond acceptors (Lipinski definition) is 2. The van der Waals surface area contributed by atoms with Crippen molar-refractivity contribution < 1.29 is 0 Å².